The largest absolute Gasteiger partial charge is 0.488 e. The Labute approximate surface area is 89.4 Å². The van der Waals surface area contributed by atoms with E-state index >= 15 is 0 Å². The van der Waals surface area contributed by atoms with Crippen LogP contribution >= 0.6 is 0 Å². The van der Waals surface area contributed by atoms with E-state index in [9.17, 15) is 0 Å². The van der Waals surface area contributed by atoms with Crippen LogP contribution in [0.3, 0.4) is 0 Å². The van der Waals surface area contributed by atoms with Crippen LogP contribution in [0.1, 0.15) is 18.9 Å². The summed E-state index contributed by atoms with van der Waals surface area (Å²) in [7, 11) is 0. The molecular weight excluding hydrogens is 190 g/mol. The van der Waals surface area contributed by atoms with Gasteiger partial charge in [-0.05, 0) is 18.6 Å². The van der Waals surface area contributed by atoms with Gasteiger partial charge in [0.25, 0.3) is 0 Å². The smallest absolute Gasteiger partial charge is 0.139 e. The monoisotopic (exact) mass is 205 g/mol. The first-order chi connectivity index (χ1) is 7.22. The van der Waals surface area contributed by atoms with Crippen LogP contribution in [0.2, 0.25) is 0 Å². The highest BCUT2D eigenvalue weighted by atomic mass is 16.5. The Kier molecular flexibility index (Phi) is 3.95. The molecule has 80 valence electrons. The highest BCUT2D eigenvalue weighted by Gasteiger charge is 2.11. The van der Waals surface area contributed by atoms with Gasteiger partial charge in [-0.25, -0.2) is 0 Å². The van der Waals surface area contributed by atoms with Crippen LogP contribution < -0.4 is 16.2 Å². The predicted octanol–water partition coefficient (Wildman–Crippen LogP) is 1.26. The lowest BCUT2D eigenvalue weighted by molar-refractivity contribution is 0.205. The third-order valence-electron chi connectivity index (χ3n) is 2.18. The van der Waals surface area contributed by atoms with E-state index in [4.69, 9.17) is 21.5 Å². The van der Waals surface area contributed by atoms with Crippen molar-refractivity contribution in [3.8, 4) is 11.8 Å². The average molecular weight is 205 g/mol. The molecule has 0 aliphatic carbocycles. The fourth-order valence-corrected chi connectivity index (χ4v) is 1.24. The van der Waals surface area contributed by atoms with Gasteiger partial charge in [0.2, 0.25) is 0 Å². The molecule has 4 N–H and O–H groups in total. The molecule has 1 aromatic rings. The summed E-state index contributed by atoms with van der Waals surface area (Å²) in [5.41, 5.74) is 12.0. The number of nitrogen functional groups attached to an aromatic ring is 1. The molecule has 0 heterocycles. The summed E-state index contributed by atoms with van der Waals surface area (Å²) >= 11 is 0. The van der Waals surface area contributed by atoms with Crippen LogP contribution in [0.15, 0.2) is 18.2 Å². The van der Waals surface area contributed by atoms with Crippen molar-refractivity contribution in [2.75, 3.05) is 12.3 Å². The van der Waals surface area contributed by atoms with Gasteiger partial charge >= 0.3 is 0 Å². The topological polar surface area (TPSA) is 85.1 Å². The second kappa shape index (κ2) is 5.23. The predicted molar refractivity (Wildman–Crippen MR) is 59.3 cm³/mol. The van der Waals surface area contributed by atoms with E-state index in [1.807, 2.05) is 13.0 Å². The minimum Gasteiger partial charge on any atom is -0.488 e. The van der Waals surface area contributed by atoms with Gasteiger partial charge in [0.15, 0.2) is 0 Å². The maximum Gasteiger partial charge on any atom is 0.139 e. The maximum atomic E-state index is 8.92. The molecule has 0 saturated heterocycles. The summed E-state index contributed by atoms with van der Waals surface area (Å²) in [6.45, 7) is 2.41. The lowest BCUT2D eigenvalue weighted by atomic mass is 10.1. The van der Waals surface area contributed by atoms with Crippen molar-refractivity contribution in [2.45, 2.75) is 19.4 Å². The third-order valence-corrected chi connectivity index (χ3v) is 2.18. The summed E-state index contributed by atoms with van der Waals surface area (Å²) in [6.07, 6.45) is 0.731. The first kappa shape index (κ1) is 11.3. The number of nitriles is 1. The van der Waals surface area contributed by atoms with Crippen molar-refractivity contribution in [2.24, 2.45) is 5.73 Å². The lowest BCUT2D eigenvalue weighted by Crippen LogP contribution is -2.26. The Morgan fingerprint density at radius 1 is 1.53 bits per heavy atom. The summed E-state index contributed by atoms with van der Waals surface area (Å²) in [6, 6.07) is 7.19. The number of hydrogen-bond acceptors (Lipinski definition) is 4. The van der Waals surface area contributed by atoms with E-state index in [0.717, 1.165) is 6.42 Å². The first-order valence-corrected chi connectivity index (χ1v) is 4.88. The Morgan fingerprint density at radius 2 is 2.27 bits per heavy atom. The van der Waals surface area contributed by atoms with E-state index in [2.05, 4.69) is 0 Å². The van der Waals surface area contributed by atoms with E-state index in [1.54, 1.807) is 18.2 Å². The number of ether oxygens (including phenoxy) is 1. The Bertz CT molecular complexity index is 367. The Hall–Kier alpha value is -1.73. The fraction of sp³-hybridized carbons (Fsp3) is 0.364. The van der Waals surface area contributed by atoms with Crippen molar-refractivity contribution < 1.29 is 4.74 Å². The molecule has 0 amide bonds. The summed E-state index contributed by atoms with van der Waals surface area (Å²) in [5.74, 6) is 0.509. The molecule has 1 atom stereocenters. The van der Waals surface area contributed by atoms with Crippen LogP contribution in [0.25, 0.3) is 0 Å². The zero-order valence-electron chi connectivity index (χ0n) is 8.73. The second-order valence-corrected chi connectivity index (χ2v) is 3.22. The fourth-order valence-electron chi connectivity index (χ4n) is 1.24. The molecule has 0 unspecified atom stereocenters. The molecule has 0 saturated carbocycles. The molecule has 0 radical (unpaired) electrons. The third kappa shape index (κ3) is 2.61. The number of nitrogens with two attached hydrogens (primary N) is 2. The number of hydrogen-bond donors (Lipinski definition) is 2. The van der Waals surface area contributed by atoms with Crippen LogP contribution in [-0.2, 0) is 0 Å². The summed E-state index contributed by atoms with van der Waals surface area (Å²) in [4.78, 5) is 0. The van der Waals surface area contributed by atoms with Crippen LogP contribution in [-0.4, -0.2) is 12.6 Å². The highest BCUT2D eigenvalue weighted by Crippen LogP contribution is 2.24. The number of benzene rings is 1. The van der Waals surface area contributed by atoms with Gasteiger partial charge in [-0.15, -0.1) is 0 Å². The van der Waals surface area contributed by atoms with Gasteiger partial charge in [0, 0.05) is 6.54 Å². The average Bonchev–Trinajstić information content (AvgIpc) is 2.26. The highest BCUT2D eigenvalue weighted by molar-refractivity contribution is 5.60. The van der Waals surface area contributed by atoms with Crippen molar-refractivity contribution >= 4 is 5.69 Å². The van der Waals surface area contributed by atoms with Crippen LogP contribution in [0, 0.1) is 11.3 Å². The standard InChI is InChI=1S/C11H15N3O/c1-2-8(6-12)15-11-5-3-4-10(14)9(11)7-13/h3-5,8H,2,6,12,14H2,1H3/t8-/m1/s1. The summed E-state index contributed by atoms with van der Waals surface area (Å²) < 4.78 is 5.59. The molecule has 1 aromatic carbocycles. The number of anilines is 1. The second-order valence-electron chi connectivity index (χ2n) is 3.22. The van der Waals surface area contributed by atoms with E-state index < -0.39 is 0 Å². The molecule has 0 aliphatic heterocycles. The molecule has 0 fully saturated rings. The zero-order chi connectivity index (χ0) is 11.3. The van der Waals surface area contributed by atoms with Gasteiger partial charge in [-0.1, -0.05) is 13.0 Å². The molecule has 1 rings (SSSR count). The van der Waals surface area contributed by atoms with Gasteiger partial charge in [0.1, 0.15) is 23.5 Å². The van der Waals surface area contributed by atoms with E-state index in [-0.39, 0.29) is 6.10 Å². The van der Waals surface area contributed by atoms with Crippen molar-refractivity contribution in [3.63, 3.8) is 0 Å². The first-order valence-electron chi connectivity index (χ1n) is 4.88. The molecule has 4 heteroatoms. The number of nitrogens with zero attached hydrogens (tertiary/aromatic N) is 1. The number of rotatable bonds is 4. The maximum absolute atomic E-state index is 8.92. The Morgan fingerprint density at radius 3 is 2.80 bits per heavy atom. The van der Waals surface area contributed by atoms with Crippen molar-refractivity contribution in [3.05, 3.63) is 23.8 Å². The van der Waals surface area contributed by atoms with Gasteiger partial charge in [-0.3, -0.25) is 0 Å². The van der Waals surface area contributed by atoms with Gasteiger partial charge in [-0.2, -0.15) is 5.26 Å². The normalized spacial score (nSPS) is 11.8. The van der Waals surface area contributed by atoms with Crippen molar-refractivity contribution in [1.29, 1.82) is 5.26 Å². The molecule has 0 aromatic heterocycles. The zero-order valence-corrected chi connectivity index (χ0v) is 8.73. The van der Waals surface area contributed by atoms with Crippen LogP contribution in [0.4, 0.5) is 5.69 Å². The SMILES string of the molecule is CC[C@H](CN)Oc1cccc(N)c1C#N. The molecule has 4 nitrogen and oxygen atoms in total. The molecule has 0 spiro atoms. The molecular formula is C11H15N3O. The van der Waals surface area contributed by atoms with E-state index in [0.29, 0.717) is 23.5 Å². The minimum atomic E-state index is -0.0705. The molecule has 0 bridgehead atoms. The van der Waals surface area contributed by atoms with Crippen LogP contribution in [0.5, 0.6) is 5.75 Å². The minimum absolute atomic E-state index is 0.0705. The quantitative estimate of drug-likeness (QED) is 0.724. The Balaban J connectivity index is 2.95. The van der Waals surface area contributed by atoms with Crippen molar-refractivity contribution in [1.82, 2.24) is 0 Å². The lowest BCUT2D eigenvalue weighted by Gasteiger charge is -2.16. The van der Waals surface area contributed by atoms with Gasteiger partial charge < -0.3 is 16.2 Å². The summed E-state index contributed by atoms with van der Waals surface area (Å²) in [5, 5.41) is 8.92. The molecule has 0 aliphatic rings. The molecule has 15 heavy (non-hydrogen) atoms. The van der Waals surface area contributed by atoms with E-state index in [1.165, 1.54) is 0 Å². The van der Waals surface area contributed by atoms with Gasteiger partial charge in [0.05, 0.1) is 5.69 Å².